The van der Waals surface area contributed by atoms with Crippen LogP contribution in [0.25, 0.3) is 0 Å². The number of nitrogens with zero attached hydrogens (tertiary/aromatic N) is 2. The molecule has 142 valence electrons. The number of aryl methyl sites for hydroxylation is 1. The van der Waals surface area contributed by atoms with E-state index in [-0.39, 0.29) is 5.57 Å². The van der Waals surface area contributed by atoms with Crippen LogP contribution in [0.15, 0.2) is 42.1 Å². The maximum Gasteiger partial charge on any atom is 0.350 e. The number of carbonyl (C=O) groups is 2. The summed E-state index contributed by atoms with van der Waals surface area (Å²) in [6, 6.07) is 9.43. The van der Waals surface area contributed by atoms with Crippen molar-refractivity contribution >= 4 is 17.8 Å². The SMILES string of the molecule is COc1ccc(Cn2nc(C)cc2NC=C2C(=O)OC(C)(C)OC2=O)cc1. The molecule has 1 aromatic carbocycles. The summed E-state index contributed by atoms with van der Waals surface area (Å²) in [6.07, 6.45) is 1.28. The molecule has 8 heteroatoms. The highest BCUT2D eigenvalue weighted by Crippen LogP contribution is 2.23. The van der Waals surface area contributed by atoms with Gasteiger partial charge < -0.3 is 19.5 Å². The fraction of sp³-hybridized carbons (Fsp3) is 0.316. The van der Waals surface area contributed by atoms with E-state index in [1.165, 1.54) is 20.0 Å². The predicted molar refractivity (Wildman–Crippen MR) is 97.0 cm³/mol. The van der Waals surface area contributed by atoms with Crippen LogP contribution in [0.4, 0.5) is 5.82 Å². The molecule has 1 aliphatic rings. The zero-order valence-electron chi connectivity index (χ0n) is 15.6. The Morgan fingerprint density at radius 1 is 1.19 bits per heavy atom. The van der Waals surface area contributed by atoms with Gasteiger partial charge in [0.05, 0.1) is 19.3 Å². The summed E-state index contributed by atoms with van der Waals surface area (Å²) in [5.41, 5.74) is 1.61. The van der Waals surface area contributed by atoms with Crippen LogP contribution < -0.4 is 10.1 Å². The van der Waals surface area contributed by atoms with Gasteiger partial charge in [-0.2, -0.15) is 5.10 Å². The molecule has 0 spiro atoms. The van der Waals surface area contributed by atoms with E-state index < -0.39 is 17.7 Å². The van der Waals surface area contributed by atoms with Crippen LogP contribution in [-0.2, 0) is 25.6 Å². The Bertz CT molecular complexity index is 875. The molecule has 0 aliphatic carbocycles. The average molecular weight is 371 g/mol. The first-order valence-corrected chi connectivity index (χ1v) is 8.38. The third kappa shape index (κ3) is 4.28. The molecule has 27 heavy (non-hydrogen) atoms. The molecule has 0 unspecified atom stereocenters. The van der Waals surface area contributed by atoms with Crippen LogP contribution in [0.1, 0.15) is 25.1 Å². The van der Waals surface area contributed by atoms with Crippen LogP contribution in [0.3, 0.4) is 0 Å². The minimum atomic E-state index is -1.27. The lowest BCUT2D eigenvalue weighted by Gasteiger charge is -2.29. The maximum absolute atomic E-state index is 12.0. The molecule has 1 aliphatic heterocycles. The van der Waals surface area contributed by atoms with Crippen molar-refractivity contribution in [2.24, 2.45) is 0 Å². The summed E-state index contributed by atoms with van der Waals surface area (Å²) in [7, 11) is 1.61. The van der Waals surface area contributed by atoms with Crippen LogP contribution in [0.5, 0.6) is 5.75 Å². The number of carbonyl (C=O) groups excluding carboxylic acids is 2. The van der Waals surface area contributed by atoms with Gasteiger partial charge in [0.1, 0.15) is 11.6 Å². The molecule has 0 bridgehead atoms. The summed E-state index contributed by atoms with van der Waals surface area (Å²) >= 11 is 0. The van der Waals surface area contributed by atoms with Gasteiger partial charge in [-0.05, 0) is 24.6 Å². The van der Waals surface area contributed by atoms with Gasteiger partial charge in [-0.15, -0.1) is 0 Å². The smallest absolute Gasteiger partial charge is 0.350 e. The highest BCUT2D eigenvalue weighted by molar-refractivity contribution is 6.15. The van der Waals surface area contributed by atoms with Gasteiger partial charge >= 0.3 is 11.9 Å². The number of benzene rings is 1. The Balaban J connectivity index is 1.78. The Hall–Kier alpha value is -3.29. The topological polar surface area (TPSA) is 91.7 Å². The van der Waals surface area contributed by atoms with Crippen LogP contribution in [0, 0.1) is 6.92 Å². The van der Waals surface area contributed by atoms with E-state index in [0.717, 1.165) is 17.0 Å². The minimum Gasteiger partial charge on any atom is -0.497 e. The molecular formula is C19H21N3O5. The monoisotopic (exact) mass is 371 g/mol. The first-order chi connectivity index (χ1) is 12.8. The summed E-state index contributed by atoms with van der Waals surface area (Å²) in [4.78, 5) is 24.0. The Kier molecular flexibility index (Phi) is 4.89. The number of anilines is 1. The molecule has 1 aromatic heterocycles. The number of hydrogen-bond donors (Lipinski definition) is 1. The largest absolute Gasteiger partial charge is 0.497 e. The van der Waals surface area contributed by atoms with Gasteiger partial charge in [0.25, 0.3) is 5.79 Å². The van der Waals surface area contributed by atoms with E-state index in [1.807, 2.05) is 37.3 Å². The lowest BCUT2D eigenvalue weighted by atomic mass is 10.2. The molecule has 0 radical (unpaired) electrons. The molecular weight excluding hydrogens is 350 g/mol. The fourth-order valence-electron chi connectivity index (χ4n) is 2.61. The van der Waals surface area contributed by atoms with Gasteiger partial charge in [0.15, 0.2) is 5.57 Å². The average Bonchev–Trinajstić information content (AvgIpc) is 2.93. The van der Waals surface area contributed by atoms with Crippen LogP contribution in [-0.4, -0.2) is 34.6 Å². The number of rotatable bonds is 5. The highest BCUT2D eigenvalue weighted by Gasteiger charge is 2.39. The first-order valence-electron chi connectivity index (χ1n) is 8.38. The molecule has 0 amide bonds. The third-order valence-electron chi connectivity index (χ3n) is 3.87. The lowest BCUT2D eigenvalue weighted by molar-refractivity contribution is -0.222. The second-order valence-electron chi connectivity index (χ2n) is 6.56. The second-order valence-corrected chi connectivity index (χ2v) is 6.56. The molecule has 2 heterocycles. The molecule has 3 rings (SSSR count). The van der Waals surface area contributed by atoms with Crippen molar-refractivity contribution in [3.8, 4) is 5.75 Å². The van der Waals surface area contributed by atoms with Gasteiger partial charge in [-0.1, -0.05) is 12.1 Å². The number of aromatic nitrogens is 2. The van der Waals surface area contributed by atoms with Crippen molar-refractivity contribution in [3.05, 3.63) is 53.4 Å². The third-order valence-corrected chi connectivity index (χ3v) is 3.87. The second kappa shape index (κ2) is 7.14. The Labute approximate surface area is 156 Å². The standard InChI is InChI=1S/C19H21N3O5/c1-12-9-16(20-10-15-17(23)26-19(2,3)27-18(15)24)22(21-12)11-13-5-7-14(25-4)8-6-13/h5-10,20H,11H2,1-4H3. The molecule has 8 nitrogen and oxygen atoms in total. The van der Waals surface area contributed by atoms with Crippen molar-refractivity contribution in [2.45, 2.75) is 33.1 Å². The van der Waals surface area contributed by atoms with Crippen molar-refractivity contribution in [1.82, 2.24) is 9.78 Å². The maximum atomic E-state index is 12.0. The van der Waals surface area contributed by atoms with Crippen molar-refractivity contribution in [1.29, 1.82) is 0 Å². The number of esters is 2. The molecule has 2 aromatic rings. The van der Waals surface area contributed by atoms with Gasteiger partial charge in [0.2, 0.25) is 0 Å². The van der Waals surface area contributed by atoms with E-state index in [0.29, 0.717) is 12.4 Å². The minimum absolute atomic E-state index is 0.204. The first kappa shape index (κ1) is 18.5. The molecule has 1 N–H and O–H groups in total. The summed E-state index contributed by atoms with van der Waals surface area (Å²) in [6.45, 7) is 5.36. The number of methoxy groups -OCH3 is 1. The van der Waals surface area contributed by atoms with Gasteiger partial charge in [-0.25, -0.2) is 14.3 Å². The van der Waals surface area contributed by atoms with E-state index in [9.17, 15) is 9.59 Å². The zero-order valence-corrected chi connectivity index (χ0v) is 15.6. The number of nitrogens with one attached hydrogen (secondary N) is 1. The summed E-state index contributed by atoms with van der Waals surface area (Å²) in [5, 5.41) is 7.38. The highest BCUT2D eigenvalue weighted by atomic mass is 16.7. The number of ether oxygens (including phenoxy) is 3. The molecule has 1 saturated heterocycles. The Morgan fingerprint density at radius 3 is 2.41 bits per heavy atom. The summed E-state index contributed by atoms with van der Waals surface area (Å²) in [5.74, 6) is -1.33. The predicted octanol–water partition coefficient (Wildman–Crippen LogP) is 2.38. The quantitative estimate of drug-likeness (QED) is 0.490. The molecule has 0 atom stereocenters. The number of hydrogen-bond acceptors (Lipinski definition) is 7. The lowest BCUT2D eigenvalue weighted by Crippen LogP contribution is -2.42. The Morgan fingerprint density at radius 2 is 1.81 bits per heavy atom. The van der Waals surface area contributed by atoms with Gasteiger partial charge in [-0.3, -0.25) is 0 Å². The normalized spacial score (nSPS) is 15.8. The molecule has 1 fully saturated rings. The van der Waals surface area contributed by atoms with Gasteiger partial charge in [0, 0.05) is 26.1 Å². The van der Waals surface area contributed by atoms with Crippen molar-refractivity contribution in [3.63, 3.8) is 0 Å². The van der Waals surface area contributed by atoms with Crippen molar-refractivity contribution in [2.75, 3.05) is 12.4 Å². The zero-order chi connectivity index (χ0) is 19.6. The van der Waals surface area contributed by atoms with Crippen molar-refractivity contribution < 1.29 is 23.8 Å². The van der Waals surface area contributed by atoms with E-state index in [4.69, 9.17) is 14.2 Å². The molecule has 0 saturated carbocycles. The summed E-state index contributed by atoms with van der Waals surface area (Å²) < 4.78 is 17.0. The van der Waals surface area contributed by atoms with E-state index >= 15 is 0 Å². The van der Waals surface area contributed by atoms with E-state index in [2.05, 4.69) is 10.4 Å². The number of cyclic esters (lactones) is 2. The fourth-order valence-corrected chi connectivity index (χ4v) is 2.61. The van der Waals surface area contributed by atoms with Crippen LogP contribution >= 0.6 is 0 Å². The van der Waals surface area contributed by atoms with Crippen LogP contribution in [0.2, 0.25) is 0 Å². The van der Waals surface area contributed by atoms with E-state index in [1.54, 1.807) is 11.8 Å².